The number of ether oxygens (including phenoxy) is 1. The summed E-state index contributed by atoms with van der Waals surface area (Å²) in [5.41, 5.74) is 14.7. The maximum Gasteiger partial charge on any atom is 0.0727 e. The van der Waals surface area contributed by atoms with Crippen LogP contribution in [0.4, 0.5) is 0 Å². The van der Waals surface area contributed by atoms with Crippen LogP contribution >= 0.6 is 63.7 Å². The molecule has 0 aromatic heterocycles. The van der Waals surface area contributed by atoms with E-state index in [-0.39, 0.29) is 0 Å². The van der Waals surface area contributed by atoms with E-state index in [2.05, 4.69) is 154 Å². The fourth-order valence-electron chi connectivity index (χ4n) is 5.18. The summed E-state index contributed by atoms with van der Waals surface area (Å²) >= 11 is 15.2. The number of halogens is 4. The quantitative estimate of drug-likeness (QED) is 0.191. The second-order valence-electron chi connectivity index (χ2n) is 9.56. The SMILES string of the molecule is Cc1c(Br)c(C)c(-c2ccccc2COCc2ccccc2-c2c(C)c(Br)c(C)c(Br)c2C)c(C)c1Br. The van der Waals surface area contributed by atoms with Crippen LogP contribution in [0.5, 0.6) is 0 Å². The van der Waals surface area contributed by atoms with Crippen LogP contribution < -0.4 is 0 Å². The Morgan fingerprint density at radius 3 is 1.08 bits per heavy atom. The predicted molar refractivity (Wildman–Crippen MR) is 171 cm³/mol. The van der Waals surface area contributed by atoms with Gasteiger partial charge in [0.1, 0.15) is 0 Å². The van der Waals surface area contributed by atoms with E-state index in [1.165, 1.54) is 66.8 Å². The lowest BCUT2D eigenvalue weighted by Crippen LogP contribution is -2.02. The molecule has 0 saturated heterocycles. The first-order valence-electron chi connectivity index (χ1n) is 12.2. The van der Waals surface area contributed by atoms with Crippen molar-refractivity contribution in [2.75, 3.05) is 0 Å². The van der Waals surface area contributed by atoms with Gasteiger partial charge in [0.05, 0.1) is 13.2 Å². The van der Waals surface area contributed by atoms with Gasteiger partial charge in [0.25, 0.3) is 0 Å². The van der Waals surface area contributed by atoms with Crippen molar-refractivity contribution in [3.05, 3.63) is 111 Å². The van der Waals surface area contributed by atoms with E-state index in [1.54, 1.807) is 0 Å². The molecule has 192 valence electrons. The van der Waals surface area contributed by atoms with Crippen LogP contribution in [0.3, 0.4) is 0 Å². The van der Waals surface area contributed by atoms with Crippen LogP contribution in [-0.4, -0.2) is 0 Å². The van der Waals surface area contributed by atoms with Gasteiger partial charge in [0.2, 0.25) is 0 Å². The summed E-state index contributed by atoms with van der Waals surface area (Å²) in [5.74, 6) is 0. The molecule has 0 aliphatic rings. The van der Waals surface area contributed by atoms with E-state index in [1.807, 2.05) is 0 Å². The van der Waals surface area contributed by atoms with Crippen molar-refractivity contribution in [3.63, 3.8) is 0 Å². The zero-order chi connectivity index (χ0) is 27.0. The van der Waals surface area contributed by atoms with Crippen LogP contribution in [-0.2, 0) is 18.0 Å². The van der Waals surface area contributed by atoms with Gasteiger partial charge in [-0.2, -0.15) is 0 Å². The third kappa shape index (κ3) is 5.45. The molecular formula is C32H30Br4O. The Bertz CT molecular complexity index is 1330. The van der Waals surface area contributed by atoms with Gasteiger partial charge in [-0.3, -0.25) is 0 Å². The average Bonchev–Trinajstić information content (AvgIpc) is 2.90. The first kappa shape index (κ1) is 28.8. The Kier molecular flexibility index (Phi) is 9.23. The molecule has 0 amide bonds. The van der Waals surface area contributed by atoms with Crippen molar-refractivity contribution >= 4 is 63.7 Å². The van der Waals surface area contributed by atoms with Crippen LogP contribution in [0, 0.1) is 41.5 Å². The van der Waals surface area contributed by atoms with E-state index in [0.717, 1.165) is 17.9 Å². The van der Waals surface area contributed by atoms with Crippen molar-refractivity contribution in [3.8, 4) is 22.3 Å². The van der Waals surface area contributed by atoms with E-state index in [0.29, 0.717) is 13.2 Å². The maximum absolute atomic E-state index is 6.41. The van der Waals surface area contributed by atoms with Gasteiger partial charge in [-0.05, 0) is 108 Å². The third-order valence-electron chi connectivity index (χ3n) is 7.22. The Labute approximate surface area is 254 Å². The molecule has 0 aliphatic heterocycles. The third-order valence-corrected chi connectivity index (χ3v) is 12.0. The minimum absolute atomic E-state index is 0.533. The van der Waals surface area contributed by atoms with E-state index in [4.69, 9.17) is 4.74 Å². The summed E-state index contributed by atoms with van der Waals surface area (Å²) in [6.45, 7) is 14.1. The molecule has 0 fully saturated rings. The molecule has 4 aromatic carbocycles. The van der Waals surface area contributed by atoms with Crippen molar-refractivity contribution in [2.24, 2.45) is 0 Å². The average molecular weight is 750 g/mol. The van der Waals surface area contributed by atoms with Gasteiger partial charge in [-0.25, -0.2) is 0 Å². The van der Waals surface area contributed by atoms with Gasteiger partial charge in [0, 0.05) is 17.9 Å². The summed E-state index contributed by atoms with van der Waals surface area (Å²) in [6.07, 6.45) is 0. The molecule has 0 heterocycles. The van der Waals surface area contributed by atoms with Gasteiger partial charge in [-0.15, -0.1) is 0 Å². The fraction of sp³-hybridized carbons (Fsp3) is 0.250. The molecule has 0 radical (unpaired) electrons. The van der Waals surface area contributed by atoms with Gasteiger partial charge in [-0.1, -0.05) is 112 Å². The molecule has 1 nitrogen and oxygen atoms in total. The lowest BCUT2D eigenvalue weighted by Gasteiger charge is -2.20. The molecule has 0 aliphatic carbocycles. The molecule has 0 bridgehead atoms. The molecule has 0 atom stereocenters. The number of benzene rings is 4. The van der Waals surface area contributed by atoms with Gasteiger partial charge in [0.15, 0.2) is 0 Å². The molecule has 4 aromatic rings. The first-order valence-corrected chi connectivity index (χ1v) is 15.4. The predicted octanol–water partition coefficient (Wildman–Crippen LogP) is 11.6. The summed E-state index contributed by atoms with van der Waals surface area (Å²) in [4.78, 5) is 0. The standard InChI is InChI=1S/C32H30Br4O/c1-17-27(18(2)30(34)21(5)29(17)33)25-13-9-7-11-23(25)15-37-16-24-12-8-10-14-26(24)28-19(3)31(35)22(6)32(36)20(28)4/h7-14H,15-16H2,1-6H3. The van der Waals surface area contributed by atoms with E-state index >= 15 is 0 Å². The molecule has 4 rings (SSSR count). The molecule has 37 heavy (non-hydrogen) atoms. The molecule has 0 N–H and O–H groups in total. The lowest BCUT2D eigenvalue weighted by molar-refractivity contribution is 0.108. The topological polar surface area (TPSA) is 9.23 Å². The second kappa shape index (κ2) is 11.9. The molecule has 0 spiro atoms. The Morgan fingerprint density at radius 2 is 0.757 bits per heavy atom. The summed E-state index contributed by atoms with van der Waals surface area (Å²) in [6, 6.07) is 17.1. The Balaban J connectivity index is 1.67. The van der Waals surface area contributed by atoms with Gasteiger partial charge < -0.3 is 4.74 Å². The highest BCUT2D eigenvalue weighted by Crippen LogP contribution is 2.42. The molecule has 0 unspecified atom stereocenters. The second-order valence-corrected chi connectivity index (χ2v) is 12.7. The normalized spacial score (nSPS) is 11.3. The monoisotopic (exact) mass is 746 g/mol. The number of rotatable bonds is 6. The van der Waals surface area contributed by atoms with Crippen molar-refractivity contribution < 1.29 is 4.74 Å². The number of hydrogen-bond donors (Lipinski definition) is 0. The Hall–Kier alpha value is -1.24. The zero-order valence-corrected chi connectivity index (χ0v) is 28.3. The zero-order valence-electron chi connectivity index (χ0n) is 22.0. The lowest BCUT2D eigenvalue weighted by atomic mass is 9.90. The first-order chi connectivity index (χ1) is 17.6. The van der Waals surface area contributed by atoms with Crippen molar-refractivity contribution in [1.82, 2.24) is 0 Å². The van der Waals surface area contributed by atoms with E-state index < -0.39 is 0 Å². The van der Waals surface area contributed by atoms with Crippen molar-refractivity contribution in [1.29, 1.82) is 0 Å². The minimum Gasteiger partial charge on any atom is -0.372 e. The molecule has 5 heteroatoms. The smallest absolute Gasteiger partial charge is 0.0727 e. The highest BCUT2D eigenvalue weighted by atomic mass is 79.9. The summed E-state index contributed by atoms with van der Waals surface area (Å²) in [5, 5.41) is 0. The largest absolute Gasteiger partial charge is 0.372 e. The highest BCUT2D eigenvalue weighted by Gasteiger charge is 2.19. The minimum atomic E-state index is 0.533. The summed E-state index contributed by atoms with van der Waals surface area (Å²) < 4.78 is 11.0. The summed E-state index contributed by atoms with van der Waals surface area (Å²) in [7, 11) is 0. The highest BCUT2D eigenvalue weighted by molar-refractivity contribution is 9.11. The van der Waals surface area contributed by atoms with Crippen LogP contribution in [0.1, 0.15) is 44.5 Å². The van der Waals surface area contributed by atoms with Crippen LogP contribution in [0.2, 0.25) is 0 Å². The van der Waals surface area contributed by atoms with Crippen LogP contribution in [0.15, 0.2) is 66.4 Å². The van der Waals surface area contributed by atoms with Crippen molar-refractivity contribution in [2.45, 2.75) is 54.8 Å². The van der Waals surface area contributed by atoms with Crippen LogP contribution in [0.25, 0.3) is 22.3 Å². The molecule has 0 saturated carbocycles. The maximum atomic E-state index is 6.41. The number of hydrogen-bond acceptors (Lipinski definition) is 1. The van der Waals surface area contributed by atoms with E-state index in [9.17, 15) is 0 Å². The fourth-order valence-corrected chi connectivity index (χ4v) is 7.30. The molecular weight excluding hydrogens is 720 g/mol. The Morgan fingerprint density at radius 1 is 0.459 bits per heavy atom. The van der Waals surface area contributed by atoms with Gasteiger partial charge >= 0.3 is 0 Å².